The Morgan fingerprint density at radius 1 is 1.27 bits per heavy atom. The van der Waals surface area contributed by atoms with E-state index in [1.807, 2.05) is 24.3 Å². The number of hydrogen-bond acceptors (Lipinski definition) is 3. The molecule has 120 valence electrons. The highest BCUT2D eigenvalue weighted by Gasteiger charge is 2.34. The molecular formula is C17H23NO4. The third-order valence-electron chi connectivity index (χ3n) is 4.05. The summed E-state index contributed by atoms with van der Waals surface area (Å²) in [6.07, 6.45) is 3.63. The fourth-order valence-electron chi connectivity index (χ4n) is 2.70. The second-order valence-electron chi connectivity index (χ2n) is 5.73. The molecule has 0 unspecified atom stereocenters. The van der Waals surface area contributed by atoms with Crippen molar-refractivity contribution in [1.29, 1.82) is 0 Å². The highest BCUT2D eigenvalue weighted by atomic mass is 16.5. The number of carboxylic acid groups (broad SMARTS) is 1. The Morgan fingerprint density at radius 3 is 2.68 bits per heavy atom. The van der Waals surface area contributed by atoms with Gasteiger partial charge in [-0.2, -0.15) is 0 Å². The number of amides is 1. The second-order valence-corrected chi connectivity index (χ2v) is 5.73. The first kappa shape index (κ1) is 16.3. The predicted molar refractivity (Wildman–Crippen MR) is 83.9 cm³/mol. The molecule has 2 rings (SSSR count). The normalized spacial score (nSPS) is 20.6. The highest BCUT2D eigenvalue weighted by molar-refractivity contribution is 5.94. The number of benzene rings is 1. The maximum Gasteiger partial charge on any atom is 0.306 e. The summed E-state index contributed by atoms with van der Waals surface area (Å²) in [6.45, 7) is 2.71. The van der Waals surface area contributed by atoms with E-state index in [0.29, 0.717) is 37.3 Å². The van der Waals surface area contributed by atoms with Crippen LogP contribution in [0.25, 0.3) is 0 Å². The Hall–Kier alpha value is -2.04. The zero-order valence-electron chi connectivity index (χ0n) is 12.9. The average Bonchev–Trinajstić information content (AvgIpc) is 2.99. The number of aliphatic carboxylic acids is 1. The Labute approximate surface area is 130 Å². The zero-order valence-corrected chi connectivity index (χ0v) is 12.9. The molecule has 1 saturated carbocycles. The monoisotopic (exact) mass is 305 g/mol. The van der Waals surface area contributed by atoms with Crippen molar-refractivity contribution in [3.63, 3.8) is 0 Å². The lowest BCUT2D eigenvalue weighted by Crippen LogP contribution is -2.22. The lowest BCUT2D eigenvalue weighted by atomic mass is 10.0. The molecule has 2 N–H and O–H groups in total. The van der Waals surface area contributed by atoms with Gasteiger partial charge >= 0.3 is 5.97 Å². The SMILES string of the molecule is CCCCOc1ccccc1NC(=O)[C@@H]1CC[C@H](C(=O)O)C1. The molecule has 1 aliphatic rings. The van der Waals surface area contributed by atoms with E-state index in [-0.39, 0.29) is 11.8 Å². The number of carbonyl (C=O) groups excluding carboxylic acids is 1. The maximum atomic E-state index is 12.3. The molecular weight excluding hydrogens is 282 g/mol. The molecule has 5 heteroatoms. The number of carbonyl (C=O) groups is 2. The summed E-state index contributed by atoms with van der Waals surface area (Å²) in [5.41, 5.74) is 0.655. The van der Waals surface area contributed by atoms with Crippen LogP contribution in [0.3, 0.4) is 0 Å². The van der Waals surface area contributed by atoms with E-state index in [0.717, 1.165) is 12.8 Å². The number of rotatable bonds is 7. The van der Waals surface area contributed by atoms with Crippen LogP contribution in [0.2, 0.25) is 0 Å². The van der Waals surface area contributed by atoms with Crippen molar-refractivity contribution in [3.05, 3.63) is 24.3 Å². The molecule has 0 saturated heterocycles. The van der Waals surface area contributed by atoms with Gasteiger partial charge in [0.05, 0.1) is 18.2 Å². The molecule has 5 nitrogen and oxygen atoms in total. The maximum absolute atomic E-state index is 12.3. The van der Waals surface area contributed by atoms with Gasteiger partial charge < -0.3 is 15.2 Å². The Balaban J connectivity index is 1.95. The summed E-state index contributed by atoms with van der Waals surface area (Å²) in [6, 6.07) is 7.35. The second kappa shape index (κ2) is 7.82. The Bertz CT molecular complexity index is 529. The van der Waals surface area contributed by atoms with Crippen LogP contribution in [-0.2, 0) is 9.59 Å². The van der Waals surface area contributed by atoms with Crippen molar-refractivity contribution in [1.82, 2.24) is 0 Å². The summed E-state index contributed by atoms with van der Waals surface area (Å²) in [7, 11) is 0. The smallest absolute Gasteiger partial charge is 0.306 e. The fourth-order valence-corrected chi connectivity index (χ4v) is 2.70. The number of hydrogen-bond donors (Lipinski definition) is 2. The molecule has 0 aliphatic heterocycles. The van der Waals surface area contributed by atoms with Crippen molar-refractivity contribution in [2.45, 2.75) is 39.0 Å². The average molecular weight is 305 g/mol. The molecule has 0 heterocycles. The van der Waals surface area contributed by atoms with E-state index >= 15 is 0 Å². The lowest BCUT2D eigenvalue weighted by Gasteiger charge is -2.14. The van der Waals surface area contributed by atoms with Gasteiger partial charge in [-0.1, -0.05) is 25.5 Å². The molecule has 1 aromatic rings. The number of ether oxygens (including phenoxy) is 1. The van der Waals surface area contributed by atoms with E-state index in [9.17, 15) is 9.59 Å². The summed E-state index contributed by atoms with van der Waals surface area (Å²) >= 11 is 0. The first-order chi connectivity index (χ1) is 10.6. The van der Waals surface area contributed by atoms with E-state index in [2.05, 4.69) is 12.2 Å². The van der Waals surface area contributed by atoms with Gasteiger partial charge in [0.2, 0.25) is 5.91 Å². The fraction of sp³-hybridized carbons (Fsp3) is 0.529. The van der Waals surface area contributed by atoms with Gasteiger partial charge in [0.25, 0.3) is 0 Å². The molecule has 0 radical (unpaired) electrons. The quantitative estimate of drug-likeness (QED) is 0.758. The van der Waals surface area contributed by atoms with E-state index in [1.165, 1.54) is 0 Å². The van der Waals surface area contributed by atoms with Crippen molar-refractivity contribution in [2.75, 3.05) is 11.9 Å². The number of unbranched alkanes of at least 4 members (excludes halogenated alkanes) is 1. The molecule has 0 bridgehead atoms. The zero-order chi connectivity index (χ0) is 15.9. The number of nitrogens with one attached hydrogen (secondary N) is 1. The first-order valence-corrected chi connectivity index (χ1v) is 7.87. The minimum Gasteiger partial charge on any atom is -0.491 e. The van der Waals surface area contributed by atoms with Crippen LogP contribution < -0.4 is 10.1 Å². The Morgan fingerprint density at radius 2 is 2.00 bits per heavy atom. The van der Waals surface area contributed by atoms with E-state index in [1.54, 1.807) is 0 Å². The first-order valence-electron chi connectivity index (χ1n) is 7.87. The molecule has 1 fully saturated rings. The summed E-state index contributed by atoms with van der Waals surface area (Å²) in [5, 5.41) is 11.9. The van der Waals surface area contributed by atoms with Crippen LogP contribution in [0.4, 0.5) is 5.69 Å². The predicted octanol–water partition coefficient (Wildman–Crippen LogP) is 3.30. The van der Waals surface area contributed by atoms with Crippen LogP contribution in [0.15, 0.2) is 24.3 Å². The molecule has 0 spiro atoms. The van der Waals surface area contributed by atoms with Gasteiger partial charge in [0, 0.05) is 5.92 Å². The minimum absolute atomic E-state index is 0.115. The standard InChI is InChI=1S/C17H23NO4/c1-2-3-10-22-15-7-5-4-6-14(15)18-16(19)12-8-9-13(11-12)17(20)21/h4-7,12-13H,2-3,8-11H2,1H3,(H,18,19)(H,20,21)/t12-,13+/m1/s1. The number of para-hydroxylation sites is 2. The number of carboxylic acids is 1. The van der Waals surface area contributed by atoms with Crippen molar-refractivity contribution in [2.24, 2.45) is 11.8 Å². The topological polar surface area (TPSA) is 75.6 Å². The van der Waals surface area contributed by atoms with Gasteiger partial charge in [-0.25, -0.2) is 0 Å². The van der Waals surface area contributed by atoms with Crippen LogP contribution in [0, 0.1) is 11.8 Å². The van der Waals surface area contributed by atoms with Crippen LogP contribution >= 0.6 is 0 Å². The van der Waals surface area contributed by atoms with Crippen LogP contribution in [0.1, 0.15) is 39.0 Å². The molecule has 1 aromatic carbocycles. The third-order valence-corrected chi connectivity index (χ3v) is 4.05. The largest absolute Gasteiger partial charge is 0.491 e. The molecule has 2 atom stereocenters. The summed E-state index contributed by atoms with van der Waals surface area (Å²) in [4.78, 5) is 23.3. The van der Waals surface area contributed by atoms with Crippen LogP contribution in [0.5, 0.6) is 5.75 Å². The van der Waals surface area contributed by atoms with Crippen molar-refractivity contribution in [3.8, 4) is 5.75 Å². The van der Waals surface area contributed by atoms with Crippen molar-refractivity contribution < 1.29 is 19.4 Å². The van der Waals surface area contributed by atoms with Crippen molar-refractivity contribution >= 4 is 17.6 Å². The molecule has 0 aromatic heterocycles. The lowest BCUT2D eigenvalue weighted by molar-refractivity contribution is -0.141. The minimum atomic E-state index is -0.807. The van der Waals surface area contributed by atoms with Gasteiger partial charge in [0.1, 0.15) is 5.75 Å². The summed E-state index contributed by atoms with van der Waals surface area (Å²) < 4.78 is 5.69. The van der Waals surface area contributed by atoms with Gasteiger partial charge in [-0.3, -0.25) is 9.59 Å². The van der Waals surface area contributed by atoms with Gasteiger partial charge in [-0.15, -0.1) is 0 Å². The molecule has 1 aliphatic carbocycles. The Kier molecular flexibility index (Phi) is 5.81. The molecule has 1 amide bonds. The van der Waals surface area contributed by atoms with Gasteiger partial charge in [0.15, 0.2) is 0 Å². The third kappa shape index (κ3) is 4.23. The summed E-state index contributed by atoms with van der Waals surface area (Å²) in [5.74, 6) is -0.887. The van der Waals surface area contributed by atoms with Gasteiger partial charge in [-0.05, 0) is 37.8 Å². The highest BCUT2D eigenvalue weighted by Crippen LogP contribution is 2.33. The van der Waals surface area contributed by atoms with E-state index in [4.69, 9.17) is 9.84 Å². The van der Waals surface area contributed by atoms with E-state index < -0.39 is 11.9 Å². The number of anilines is 1. The molecule has 22 heavy (non-hydrogen) atoms. The van der Waals surface area contributed by atoms with Crippen LogP contribution in [-0.4, -0.2) is 23.6 Å².